The normalized spacial score (nSPS) is 16.4. The number of halogens is 1. The first-order chi connectivity index (χ1) is 19.4. The SMILES string of the molecule is C=CCOc1ccc(C2/C(=C(\O)c3ccc(OC)cc3)C(=O)C(=O)N2c2nc3ccc(Cl)cc3s2)cc1OCC. The molecule has 1 atom stereocenters. The number of ether oxygens (including phenoxy) is 3. The molecule has 8 nitrogen and oxygen atoms in total. The van der Waals surface area contributed by atoms with Gasteiger partial charge in [0.1, 0.15) is 18.1 Å². The number of anilines is 1. The third-order valence-electron chi connectivity index (χ3n) is 6.29. The number of aliphatic hydroxyl groups is 1. The Kier molecular flexibility index (Phi) is 7.77. The van der Waals surface area contributed by atoms with E-state index in [2.05, 4.69) is 11.6 Å². The van der Waals surface area contributed by atoms with Gasteiger partial charge in [0.2, 0.25) is 0 Å². The maximum Gasteiger partial charge on any atom is 0.301 e. The lowest BCUT2D eigenvalue weighted by molar-refractivity contribution is -0.132. The van der Waals surface area contributed by atoms with Crippen molar-refractivity contribution in [3.63, 3.8) is 0 Å². The van der Waals surface area contributed by atoms with E-state index in [-0.39, 0.29) is 17.9 Å². The highest BCUT2D eigenvalue weighted by molar-refractivity contribution is 7.22. The molecule has 204 valence electrons. The number of carbonyl (C=O) groups is 2. The molecular formula is C30H25ClN2O6S. The van der Waals surface area contributed by atoms with Crippen LogP contribution in [0.15, 0.2) is 78.9 Å². The van der Waals surface area contributed by atoms with Crippen LogP contribution in [-0.4, -0.2) is 42.1 Å². The molecule has 4 aromatic rings. The van der Waals surface area contributed by atoms with Gasteiger partial charge in [-0.05, 0) is 67.1 Å². The fourth-order valence-electron chi connectivity index (χ4n) is 4.47. The maximum absolute atomic E-state index is 13.6. The average Bonchev–Trinajstić information content (AvgIpc) is 3.49. The van der Waals surface area contributed by atoms with Gasteiger partial charge in [-0.25, -0.2) is 4.98 Å². The van der Waals surface area contributed by atoms with E-state index in [4.69, 9.17) is 25.8 Å². The van der Waals surface area contributed by atoms with Crippen LogP contribution in [0, 0.1) is 0 Å². The number of amides is 1. The Bertz CT molecular complexity index is 1650. The Morgan fingerprint density at radius 2 is 1.88 bits per heavy atom. The smallest absolute Gasteiger partial charge is 0.301 e. The number of rotatable bonds is 9. The standard InChI is InChI=1S/C30H25ClN2O6S/c1-4-14-39-22-13-8-18(15-23(22)38-5-2)26-25(27(34)17-6-10-20(37-3)11-7-17)28(35)29(36)33(26)30-32-21-12-9-19(31)16-24(21)40-30/h4,6-13,15-16,26,34H,1,5,14H2,2-3H3/b27-25+. The second-order valence-electron chi connectivity index (χ2n) is 8.74. The van der Waals surface area contributed by atoms with E-state index in [1.54, 1.807) is 66.7 Å². The summed E-state index contributed by atoms with van der Waals surface area (Å²) >= 11 is 7.40. The summed E-state index contributed by atoms with van der Waals surface area (Å²) in [7, 11) is 1.53. The summed E-state index contributed by atoms with van der Waals surface area (Å²) < 4.78 is 17.5. The van der Waals surface area contributed by atoms with E-state index in [0.717, 1.165) is 4.70 Å². The third-order valence-corrected chi connectivity index (χ3v) is 7.55. The van der Waals surface area contributed by atoms with Crippen LogP contribution in [0.5, 0.6) is 17.2 Å². The zero-order valence-corrected chi connectivity index (χ0v) is 23.3. The molecule has 1 aliphatic heterocycles. The van der Waals surface area contributed by atoms with Gasteiger partial charge in [0.25, 0.3) is 5.78 Å². The van der Waals surface area contributed by atoms with Gasteiger partial charge in [-0.15, -0.1) is 0 Å². The number of aromatic nitrogens is 1. The Balaban J connectivity index is 1.71. The van der Waals surface area contributed by atoms with Gasteiger partial charge >= 0.3 is 5.91 Å². The van der Waals surface area contributed by atoms with Crippen molar-refractivity contribution in [2.45, 2.75) is 13.0 Å². The van der Waals surface area contributed by atoms with Crippen LogP contribution in [0.25, 0.3) is 16.0 Å². The molecule has 0 saturated carbocycles. The van der Waals surface area contributed by atoms with Crippen LogP contribution in [0.3, 0.4) is 0 Å². The molecule has 3 aromatic carbocycles. The summed E-state index contributed by atoms with van der Waals surface area (Å²) in [5.41, 5.74) is 1.44. The minimum absolute atomic E-state index is 0.0744. The van der Waals surface area contributed by atoms with Crippen molar-refractivity contribution >= 4 is 55.7 Å². The van der Waals surface area contributed by atoms with Crippen molar-refractivity contribution in [3.8, 4) is 17.2 Å². The molecule has 1 unspecified atom stereocenters. The molecule has 0 aliphatic carbocycles. The number of thiazole rings is 1. The zero-order valence-electron chi connectivity index (χ0n) is 21.7. The van der Waals surface area contributed by atoms with E-state index in [1.807, 2.05) is 6.92 Å². The fourth-order valence-corrected chi connectivity index (χ4v) is 5.74. The van der Waals surface area contributed by atoms with E-state index in [1.165, 1.54) is 23.3 Å². The molecule has 2 heterocycles. The lowest BCUT2D eigenvalue weighted by Gasteiger charge is -2.24. The fraction of sp³-hybridized carbons (Fsp3) is 0.167. The van der Waals surface area contributed by atoms with Gasteiger partial charge in [0.15, 0.2) is 16.6 Å². The molecule has 0 bridgehead atoms. The van der Waals surface area contributed by atoms with Crippen molar-refractivity contribution in [2.75, 3.05) is 25.2 Å². The van der Waals surface area contributed by atoms with E-state index in [0.29, 0.717) is 50.7 Å². The highest BCUT2D eigenvalue weighted by Gasteiger charge is 2.48. The van der Waals surface area contributed by atoms with Crippen LogP contribution in [-0.2, 0) is 9.59 Å². The van der Waals surface area contributed by atoms with E-state index < -0.39 is 17.7 Å². The first kappa shape index (κ1) is 27.2. The second kappa shape index (κ2) is 11.4. The summed E-state index contributed by atoms with van der Waals surface area (Å²) in [5.74, 6) is -0.475. The Labute approximate surface area is 239 Å². The van der Waals surface area contributed by atoms with Gasteiger partial charge in [-0.3, -0.25) is 14.5 Å². The molecule has 0 spiro atoms. The number of ketones is 1. The van der Waals surface area contributed by atoms with Crippen molar-refractivity contribution < 1.29 is 28.9 Å². The quantitative estimate of drug-likeness (QED) is 0.104. The first-order valence-corrected chi connectivity index (χ1v) is 13.6. The number of fused-ring (bicyclic) bond motifs is 1. The number of hydrogen-bond donors (Lipinski definition) is 1. The van der Waals surface area contributed by atoms with Gasteiger partial charge in [0.05, 0.1) is 35.5 Å². The number of aliphatic hydroxyl groups excluding tert-OH is 1. The minimum Gasteiger partial charge on any atom is -0.507 e. The number of benzene rings is 3. The predicted molar refractivity (Wildman–Crippen MR) is 156 cm³/mol. The molecule has 1 fully saturated rings. The summed E-state index contributed by atoms with van der Waals surface area (Å²) in [5, 5.41) is 12.2. The number of Topliss-reactive ketones (excluding diaryl/α,β-unsaturated/α-hetero) is 1. The number of methoxy groups -OCH3 is 1. The Morgan fingerprint density at radius 1 is 1.10 bits per heavy atom. The third kappa shape index (κ3) is 5.01. The molecule has 0 radical (unpaired) electrons. The maximum atomic E-state index is 13.6. The molecule has 1 aliphatic rings. The number of nitrogens with zero attached hydrogens (tertiary/aromatic N) is 2. The van der Waals surface area contributed by atoms with E-state index >= 15 is 0 Å². The van der Waals surface area contributed by atoms with Crippen LogP contribution >= 0.6 is 22.9 Å². The van der Waals surface area contributed by atoms with Crippen molar-refractivity contribution in [1.29, 1.82) is 0 Å². The molecule has 5 rings (SSSR count). The molecule has 40 heavy (non-hydrogen) atoms. The predicted octanol–water partition coefficient (Wildman–Crippen LogP) is 6.55. The van der Waals surface area contributed by atoms with Crippen LogP contribution in [0.2, 0.25) is 5.02 Å². The van der Waals surface area contributed by atoms with Crippen molar-refractivity contribution in [1.82, 2.24) is 4.98 Å². The monoisotopic (exact) mass is 576 g/mol. The van der Waals surface area contributed by atoms with Crippen LogP contribution in [0.1, 0.15) is 24.1 Å². The van der Waals surface area contributed by atoms with Crippen LogP contribution in [0.4, 0.5) is 5.13 Å². The molecule has 1 N–H and O–H groups in total. The number of carbonyl (C=O) groups excluding carboxylic acids is 2. The zero-order chi connectivity index (χ0) is 28.4. The largest absolute Gasteiger partial charge is 0.507 e. The number of hydrogen-bond acceptors (Lipinski definition) is 8. The second-order valence-corrected chi connectivity index (χ2v) is 10.2. The van der Waals surface area contributed by atoms with Gasteiger partial charge < -0.3 is 19.3 Å². The topological polar surface area (TPSA) is 98.2 Å². The molecular weight excluding hydrogens is 552 g/mol. The summed E-state index contributed by atoms with van der Waals surface area (Å²) in [6, 6.07) is 15.9. The summed E-state index contributed by atoms with van der Waals surface area (Å²) in [6.45, 7) is 6.15. The Hall–Kier alpha value is -4.34. The summed E-state index contributed by atoms with van der Waals surface area (Å²) in [6.07, 6.45) is 1.62. The molecule has 10 heteroatoms. The van der Waals surface area contributed by atoms with Crippen molar-refractivity contribution in [2.24, 2.45) is 0 Å². The van der Waals surface area contributed by atoms with Gasteiger partial charge in [-0.1, -0.05) is 41.7 Å². The van der Waals surface area contributed by atoms with Crippen molar-refractivity contribution in [3.05, 3.63) is 95.0 Å². The molecule has 1 aromatic heterocycles. The Morgan fingerprint density at radius 3 is 2.58 bits per heavy atom. The lowest BCUT2D eigenvalue weighted by atomic mass is 9.95. The molecule has 1 saturated heterocycles. The minimum atomic E-state index is -0.995. The summed E-state index contributed by atoms with van der Waals surface area (Å²) in [4.78, 5) is 33.1. The average molecular weight is 577 g/mol. The molecule has 1 amide bonds. The van der Waals surface area contributed by atoms with Crippen LogP contribution < -0.4 is 19.1 Å². The van der Waals surface area contributed by atoms with E-state index in [9.17, 15) is 14.7 Å². The highest BCUT2D eigenvalue weighted by Crippen LogP contribution is 2.46. The highest BCUT2D eigenvalue weighted by atomic mass is 35.5. The first-order valence-electron chi connectivity index (χ1n) is 12.4. The lowest BCUT2D eigenvalue weighted by Crippen LogP contribution is -2.29. The van der Waals surface area contributed by atoms with Gasteiger partial charge in [-0.2, -0.15) is 0 Å². The van der Waals surface area contributed by atoms with Gasteiger partial charge in [0, 0.05) is 10.6 Å².